The minimum Gasteiger partial charge on any atom is -0.543 e. The third-order valence-electron chi connectivity index (χ3n) is 3.14. The van der Waals surface area contributed by atoms with Crippen molar-refractivity contribution in [3.05, 3.63) is 70.3 Å². The number of carboxylic acids is 1. The highest BCUT2D eigenvalue weighted by Gasteiger charge is 2.13. The molecule has 3 rings (SSSR count). The van der Waals surface area contributed by atoms with Gasteiger partial charge in [-0.15, -0.1) is 0 Å². The molecule has 1 aromatic heterocycles. The van der Waals surface area contributed by atoms with Crippen LogP contribution < -0.4 is 5.11 Å². The lowest BCUT2D eigenvalue weighted by molar-refractivity contribution is -0.255. The zero-order valence-electron chi connectivity index (χ0n) is 11.2. The number of rotatable bonds is 3. The van der Waals surface area contributed by atoms with Gasteiger partial charge in [0.05, 0.1) is 28.1 Å². The van der Waals surface area contributed by atoms with Gasteiger partial charge in [-0.25, -0.2) is 4.68 Å². The Morgan fingerprint density at radius 3 is 2.36 bits per heavy atom. The average molecular weight is 332 g/mol. The molecule has 4 nitrogen and oxygen atoms in total. The van der Waals surface area contributed by atoms with Crippen LogP contribution in [0.3, 0.4) is 0 Å². The van der Waals surface area contributed by atoms with E-state index in [9.17, 15) is 9.90 Å². The van der Waals surface area contributed by atoms with Crippen LogP contribution in [-0.2, 0) is 0 Å². The second-order valence-corrected chi connectivity index (χ2v) is 5.41. The van der Waals surface area contributed by atoms with E-state index in [2.05, 4.69) is 5.10 Å². The summed E-state index contributed by atoms with van der Waals surface area (Å²) in [5.74, 6) is -1.32. The number of carbonyl (C=O) groups is 1. The van der Waals surface area contributed by atoms with Crippen molar-refractivity contribution in [2.45, 2.75) is 0 Å². The van der Waals surface area contributed by atoms with Gasteiger partial charge in [0.2, 0.25) is 0 Å². The summed E-state index contributed by atoms with van der Waals surface area (Å²) in [5, 5.41) is 16.7. The molecule has 3 aromatic rings. The quantitative estimate of drug-likeness (QED) is 0.740. The van der Waals surface area contributed by atoms with Crippen LogP contribution >= 0.6 is 23.2 Å². The second kappa shape index (κ2) is 5.83. The summed E-state index contributed by atoms with van der Waals surface area (Å²) < 4.78 is 1.30. The van der Waals surface area contributed by atoms with E-state index in [1.807, 2.05) is 0 Å². The average Bonchev–Trinajstić information content (AvgIpc) is 2.93. The first-order chi connectivity index (χ1) is 10.6. The fraction of sp³-hybridized carbons (Fsp3) is 0. The van der Waals surface area contributed by atoms with E-state index in [1.54, 1.807) is 48.5 Å². The summed E-state index contributed by atoms with van der Waals surface area (Å²) in [6.45, 7) is 0. The highest BCUT2D eigenvalue weighted by molar-refractivity contribution is 6.33. The monoisotopic (exact) mass is 331 g/mol. The Morgan fingerprint density at radius 2 is 1.73 bits per heavy atom. The second-order valence-electron chi connectivity index (χ2n) is 4.57. The van der Waals surface area contributed by atoms with Gasteiger partial charge >= 0.3 is 0 Å². The van der Waals surface area contributed by atoms with Crippen molar-refractivity contribution in [2.75, 3.05) is 0 Å². The zero-order chi connectivity index (χ0) is 15.7. The van der Waals surface area contributed by atoms with Gasteiger partial charge in [0.1, 0.15) is 0 Å². The first kappa shape index (κ1) is 14.6. The number of hydrogen-bond acceptors (Lipinski definition) is 3. The van der Waals surface area contributed by atoms with Gasteiger partial charge in [-0.05, 0) is 36.4 Å². The third kappa shape index (κ3) is 2.71. The molecule has 0 spiro atoms. The molecule has 0 amide bonds. The molecule has 0 fully saturated rings. The van der Waals surface area contributed by atoms with Gasteiger partial charge < -0.3 is 9.90 Å². The van der Waals surface area contributed by atoms with E-state index in [1.165, 1.54) is 10.7 Å². The van der Waals surface area contributed by atoms with Crippen molar-refractivity contribution >= 4 is 29.2 Å². The Labute approximate surface area is 136 Å². The van der Waals surface area contributed by atoms with Gasteiger partial charge in [0.15, 0.2) is 0 Å². The fourth-order valence-electron chi connectivity index (χ4n) is 2.11. The smallest absolute Gasteiger partial charge is 0.0949 e. The van der Waals surface area contributed by atoms with Crippen molar-refractivity contribution in [3.8, 4) is 16.9 Å². The molecule has 22 heavy (non-hydrogen) atoms. The Hall–Kier alpha value is -2.30. The lowest BCUT2D eigenvalue weighted by atomic mass is 10.1. The Balaban J connectivity index is 2.17. The van der Waals surface area contributed by atoms with E-state index in [-0.39, 0.29) is 5.69 Å². The number of aromatic carboxylic acids is 1. The van der Waals surface area contributed by atoms with Gasteiger partial charge in [-0.1, -0.05) is 41.4 Å². The molecule has 0 aliphatic heterocycles. The van der Waals surface area contributed by atoms with Gasteiger partial charge in [-0.2, -0.15) is 5.10 Å². The molecule has 0 unspecified atom stereocenters. The molecule has 0 saturated heterocycles. The lowest BCUT2D eigenvalue weighted by Crippen LogP contribution is -2.25. The van der Waals surface area contributed by atoms with E-state index in [0.717, 1.165) is 0 Å². The number of carboxylic acid groups (broad SMARTS) is 1. The van der Waals surface area contributed by atoms with Gasteiger partial charge in [-0.3, -0.25) is 0 Å². The molecule has 2 aromatic carbocycles. The summed E-state index contributed by atoms with van der Waals surface area (Å²) in [7, 11) is 0. The van der Waals surface area contributed by atoms with Crippen LogP contribution in [0.2, 0.25) is 10.0 Å². The standard InChI is InChI=1S/C16H10Cl2N2O2/c17-10-5-7-11(8-6-10)20-15(16(21)22)9-14(19-20)12-3-1-2-4-13(12)18/h1-9H,(H,21,22)/p-1. The minimum absolute atomic E-state index is 0.0581. The number of hydrogen-bond donors (Lipinski definition) is 0. The fourth-order valence-corrected chi connectivity index (χ4v) is 2.46. The molecule has 6 heteroatoms. The number of benzene rings is 2. The van der Waals surface area contributed by atoms with Crippen LogP contribution in [0.4, 0.5) is 0 Å². The SMILES string of the molecule is O=C([O-])c1cc(-c2ccccc2Cl)nn1-c1ccc(Cl)cc1. The first-order valence-electron chi connectivity index (χ1n) is 6.38. The van der Waals surface area contributed by atoms with Gasteiger partial charge in [0.25, 0.3) is 0 Å². The lowest BCUT2D eigenvalue weighted by Gasteiger charge is -2.07. The Morgan fingerprint density at radius 1 is 1.05 bits per heavy atom. The predicted molar refractivity (Wildman–Crippen MR) is 83.4 cm³/mol. The number of halogens is 2. The minimum atomic E-state index is -1.32. The first-order valence-corrected chi connectivity index (χ1v) is 7.14. The summed E-state index contributed by atoms with van der Waals surface area (Å²) >= 11 is 12.0. The summed E-state index contributed by atoms with van der Waals surface area (Å²) in [6, 6.07) is 15.2. The predicted octanol–water partition coefficient (Wildman–Crippen LogP) is 3.21. The van der Waals surface area contributed by atoms with Crippen LogP contribution in [0.5, 0.6) is 0 Å². The van der Waals surface area contributed by atoms with Crippen LogP contribution in [0.25, 0.3) is 16.9 Å². The van der Waals surface area contributed by atoms with Crippen LogP contribution in [-0.4, -0.2) is 15.7 Å². The van der Waals surface area contributed by atoms with E-state index < -0.39 is 5.97 Å². The maximum Gasteiger partial charge on any atom is 0.0949 e. The molecule has 0 saturated carbocycles. The summed E-state index contributed by atoms with van der Waals surface area (Å²) in [6.07, 6.45) is 0. The van der Waals surface area contributed by atoms with Gasteiger partial charge in [0, 0.05) is 10.6 Å². The van der Waals surface area contributed by atoms with Crippen LogP contribution in [0.15, 0.2) is 54.6 Å². The maximum atomic E-state index is 11.4. The molecule has 1 heterocycles. The van der Waals surface area contributed by atoms with Crippen molar-refractivity contribution in [1.82, 2.24) is 9.78 Å². The Kier molecular flexibility index (Phi) is 3.88. The highest BCUT2D eigenvalue weighted by atomic mass is 35.5. The van der Waals surface area contributed by atoms with Crippen molar-refractivity contribution in [2.24, 2.45) is 0 Å². The summed E-state index contributed by atoms with van der Waals surface area (Å²) in [5.41, 5.74) is 1.62. The van der Waals surface area contributed by atoms with Crippen molar-refractivity contribution < 1.29 is 9.90 Å². The van der Waals surface area contributed by atoms with Crippen molar-refractivity contribution in [1.29, 1.82) is 0 Å². The zero-order valence-corrected chi connectivity index (χ0v) is 12.7. The molecule has 0 aliphatic carbocycles. The molecular formula is C16H9Cl2N2O2-. The topological polar surface area (TPSA) is 57.9 Å². The summed E-state index contributed by atoms with van der Waals surface area (Å²) in [4.78, 5) is 11.4. The molecule has 0 aliphatic rings. The van der Waals surface area contributed by atoms with E-state index >= 15 is 0 Å². The van der Waals surface area contributed by atoms with E-state index in [0.29, 0.717) is 27.0 Å². The third-order valence-corrected chi connectivity index (χ3v) is 3.72. The largest absolute Gasteiger partial charge is 0.543 e. The number of aromatic nitrogens is 2. The molecule has 0 atom stereocenters. The maximum absolute atomic E-state index is 11.4. The van der Waals surface area contributed by atoms with Crippen LogP contribution in [0.1, 0.15) is 10.5 Å². The van der Waals surface area contributed by atoms with E-state index in [4.69, 9.17) is 23.2 Å². The van der Waals surface area contributed by atoms with Crippen LogP contribution in [0, 0.1) is 0 Å². The van der Waals surface area contributed by atoms with Crippen molar-refractivity contribution in [3.63, 3.8) is 0 Å². The number of nitrogens with zero attached hydrogens (tertiary/aromatic N) is 2. The molecule has 0 bridgehead atoms. The number of carbonyl (C=O) groups excluding carboxylic acids is 1. The normalized spacial score (nSPS) is 10.6. The molecule has 110 valence electrons. The molecular weight excluding hydrogens is 323 g/mol. The molecule has 0 radical (unpaired) electrons. The Bertz CT molecular complexity index is 842. The molecule has 0 N–H and O–H groups in total. The highest BCUT2D eigenvalue weighted by Crippen LogP contribution is 2.28.